The molecule has 56 heavy (non-hydrogen) atoms. The molecule has 0 saturated heterocycles. The number of benzene rings is 4. The predicted molar refractivity (Wildman–Crippen MR) is 253 cm³/mol. The summed E-state index contributed by atoms with van der Waals surface area (Å²) in [5, 5.41) is 5.59. The molecule has 0 bridgehead atoms. The molecule has 298 valence electrons. The Hall–Kier alpha value is -2.22. The molecule has 0 aromatic heterocycles. The van der Waals surface area contributed by atoms with E-state index in [1.165, 1.54) is 101 Å². The molecule has 4 heteroatoms. The first-order chi connectivity index (χ1) is 26.6. The predicted octanol–water partition coefficient (Wildman–Crippen LogP) is 17.6. The normalized spacial score (nSPS) is 11.1. The van der Waals surface area contributed by atoms with Crippen LogP contribution < -0.4 is 0 Å². The van der Waals surface area contributed by atoms with Crippen molar-refractivity contribution in [3.05, 3.63) is 129 Å². The van der Waals surface area contributed by atoms with Crippen LogP contribution in [0.4, 0.5) is 0 Å². The Labute approximate surface area is 363 Å². The fourth-order valence-electron chi connectivity index (χ4n) is 7.51. The third kappa shape index (κ3) is 12.9. The van der Waals surface area contributed by atoms with Crippen molar-refractivity contribution in [1.82, 2.24) is 0 Å². The number of hydrogen-bond donors (Lipinski definition) is 0. The molecule has 0 aliphatic carbocycles. The van der Waals surface area contributed by atoms with Crippen molar-refractivity contribution in [2.45, 2.75) is 146 Å². The van der Waals surface area contributed by atoms with Crippen LogP contribution in [0.2, 0.25) is 13.1 Å². The van der Waals surface area contributed by atoms with Crippen LogP contribution in [0.3, 0.4) is 0 Å². The maximum atomic E-state index is 4.93. The molecule has 0 unspecified atom stereocenters. The standard InChI is InChI=1S/2C25H31.C2H6Si.2ClH.Zr/c2*1-7-8-19-11-20-10-9-18(6)25(24(20)12-19)23-14-21(16(2)3)13-22(15-23)17(4)5;1-3-2;;;/h2*9-17H,7-8H2,1-6H3;1-2H3;2*1H;/q2*-1;;;;+4/p-2. The molecule has 0 atom stereocenters. The van der Waals surface area contributed by atoms with Crippen molar-refractivity contribution in [2.24, 2.45) is 0 Å². The van der Waals surface area contributed by atoms with Crippen LogP contribution in [-0.2, 0) is 33.7 Å². The molecule has 0 amide bonds. The zero-order chi connectivity index (χ0) is 41.7. The van der Waals surface area contributed by atoms with Crippen LogP contribution in [0.1, 0.15) is 150 Å². The first kappa shape index (κ1) is 48.2. The van der Waals surface area contributed by atoms with Crippen LogP contribution in [0.25, 0.3) is 43.8 Å². The minimum atomic E-state index is -0.826. The van der Waals surface area contributed by atoms with E-state index < -0.39 is 20.8 Å². The number of halogens is 2. The Morgan fingerprint density at radius 2 is 0.804 bits per heavy atom. The van der Waals surface area contributed by atoms with Crippen molar-refractivity contribution in [3.8, 4) is 22.3 Å². The average molecular weight is 883 g/mol. The molecule has 2 radical (unpaired) electrons. The van der Waals surface area contributed by atoms with Gasteiger partial charge in [0.1, 0.15) is 0 Å². The Kier molecular flexibility index (Phi) is 20.1. The number of rotatable bonds is 10. The van der Waals surface area contributed by atoms with Gasteiger partial charge < -0.3 is 0 Å². The Morgan fingerprint density at radius 1 is 0.518 bits per heavy atom. The number of hydrogen-bond acceptors (Lipinski definition) is 0. The molecule has 0 spiro atoms. The van der Waals surface area contributed by atoms with E-state index in [1.807, 2.05) is 0 Å². The topological polar surface area (TPSA) is 0 Å². The Bertz CT molecular complexity index is 1910. The first-order valence-electron chi connectivity index (χ1n) is 20.9. The first-order valence-corrected chi connectivity index (χ1v) is 29.2. The second-order valence-electron chi connectivity index (χ2n) is 16.7. The van der Waals surface area contributed by atoms with Crippen LogP contribution >= 0.6 is 17.0 Å². The summed E-state index contributed by atoms with van der Waals surface area (Å²) in [6.45, 7) is 31.6. The molecule has 0 aliphatic heterocycles. The Balaban J connectivity index is 0.000000264. The molecule has 0 saturated carbocycles. The van der Waals surface area contributed by atoms with Gasteiger partial charge in [0, 0.05) is 9.52 Å². The van der Waals surface area contributed by atoms with Crippen molar-refractivity contribution >= 4 is 48.1 Å². The van der Waals surface area contributed by atoms with E-state index in [1.54, 1.807) is 0 Å². The van der Waals surface area contributed by atoms with Gasteiger partial charge in [-0.2, -0.15) is 12.1 Å². The molecular weight excluding hydrogens is 815 g/mol. The molecule has 0 fully saturated rings. The maximum absolute atomic E-state index is 4.93. The zero-order valence-corrected chi connectivity index (χ0v) is 41.9. The molecule has 6 rings (SSSR count). The van der Waals surface area contributed by atoms with Crippen LogP contribution in [0.5, 0.6) is 0 Å². The second-order valence-corrected chi connectivity index (χ2v) is 21.4. The van der Waals surface area contributed by atoms with Gasteiger partial charge in [0.2, 0.25) is 0 Å². The summed E-state index contributed by atoms with van der Waals surface area (Å²) in [7, 11) is 11.0. The van der Waals surface area contributed by atoms with E-state index in [-0.39, 0.29) is 0 Å². The minimum absolute atomic E-state index is 0.548. The van der Waals surface area contributed by atoms with Gasteiger partial charge in [-0.1, -0.05) is 154 Å². The molecule has 0 nitrogen and oxygen atoms in total. The van der Waals surface area contributed by atoms with Gasteiger partial charge in [0.25, 0.3) is 0 Å². The third-order valence-electron chi connectivity index (χ3n) is 10.6. The van der Waals surface area contributed by atoms with E-state index in [2.05, 4.69) is 181 Å². The number of fused-ring (bicyclic) bond motifs is 2. The van der Waals surface area contributed by atoms with E-state index in [0.717, 1.165) is 22.4 Å². The fourth-order valence-corrected chi connectivity index (χ4v) is 7.51. The summed E-state index contributed by atoms with van der Waals surface area (Å²) in [6, 6.07) is 33.1. The van der Waals surface area contributed by atoms with Gasteiger partial charge in [-0.05, 0) is 83.7 Å². The quantitative estimate of drug-likeness (QED) is 0.0950. The second kappa shape index (κ2) is 23.4. The van der Waals surface area contributed by atoms with Crippen LogP contribution in [0, 0.1) is 13.8 Å². The summed E-state index contributed by atoms with van der Waals surface area (Å²) in [6.07, 6.45) is 4.73. The fraction of sp³-hybridized carbons (Fsp3) is 0.423. The van der Waals surface area contributed by atoms with Crippen molar-refractivity contribution in [1.29, 1.82) is 0 Å². The number of aryl methyl sites for hydroxylation is 4. The van der Waals surface area contributed by atoms with Crippen LogP contribution in [0.15, 0.2) is 84.9 Å². The van der Waals surface area contributed by atoms with Gasteiger partial charge in [0.15, 0.2) is 0 Å². The van der Waals surface area contributed by atoms with E-state index in [4.69, 9.17) is 17.0 Å². The summed E-state index contributed by atoms with van der Waals surface area (Å²) in [5.41, 5.74) is 17.0. The van der Waals surface area contributed by atoms with E-state index >= 15 is 0 Å². The SMILES string of the molecule is CCCc1cc2c(-c3cc(C(C)C)cc(C(C)C)c3)c(C)ccc2[cH-]1.CCCc1cc2c(-c3cc(C(C)C)cc(C(C)C)c3)c(C)ccc2[cH-]1.C[Si]C.[Cl][Zr+2][Cl]. The summed E-state index contributed by atoms with van der Waals surface area (Å²) < 4.78 is 0. The van der Waals surface area contributed by atoms with Crippen molar-refractivity contribution in [3.63, 3.8) is 0 Å². The Morgan fingerprint density at radius 3 is 1.05 bits per heavy atom. The summed E-state index contributed by atoms with van der Waals surface area (Å²) in [4.78, 5) is 0. The molecule has 6 aromatic rings. The monoisotopic (exact) mass is 880 g/mol. The summed E-state index contributed by atoms with van der Waals surface area (Å²) in [5.74, 6) is 2.19. The van der Waals surface area contributed by atoms with Gasteiger partial charge in [-0.15, -0.1) is 69.1 Å². The summed E-state index contributed by atoms with van der Waals surface area (Å²) >= 11 is -0.826. The molecule has 6 aromatic carbocycles. The molecule has 0 heterocycles. The zero-order valence-electron chi connectivity index (χ0n) is 37.0. The van der Waals surface area contributed by atoms with Gasteiger partial charge in [0.05, 0.1) is 0 Å². The average Bonchev–Trinajstić information content (AvgIpc) is 3.75. The third-order valence-corrected chi connectivity index (χ3v) is 10.6. The van der Waals surface area contributed by atoms with Crippen molar-refractivity contribution < 1.29 is 20.8 Å². The van der Waals surface area contributed by atoms with E-state index in [9.17, 15) is 0 Å². The molecular formula is C52H68Cl2SiZr. The molecule has 0 aliphatic rings. The van der Waals surface area contributed by atoms with Gasteiger partial charge >= 0.3 is 37.9 Å². The molecule has 0 N–H and O–H groups in total. The van der Waals surface area contributed by atoms with Gasteiger partial charge in [-0.3, -0.25) is 0 Å². The van der Waals surface area contributed by atoms with Crippen molar-refractivity contribution in [2.75, 3.05) is 0 Å². The van der Waals surface area contributed by atoms with Gasteiger partial charge in [-0.25, -0.2) is 0 Å². The van der Waals surface area contributed by atoms with E-state index in [0.29, 0.717) is 23.7 Å². The van der Waals surface area contributed by atoms with Crippen LogP contribution in [-0.4, -0.2) is 9.52 Å².